The summed E-state index contributed by atoms with van der Waals surface area (Å²) in [5.41, 5.74) is 1.71. The second kappa shape index (κ2) is 7.80. The van der Waals surface area contributed by atoms with Crippen molar-refractivity contribution >= 4 is 75.1 Å². The Kier molecular flexibility index (Phi) is 5.67. The van der Waals surface area contributed by atoms with Crippen molar-refractivity contribution in [3.8, 4) is 0 Å². The van der Waals surface area contributed by atoms with Gasteiger partial charge < -0.3 is 5.32 Å². The third kappa shape index (κ3) is 3.94. The van der Waals surface area contributed by atoms with Crippen LogP contribution >= 0.6 is 47.2 Å². The van der Waals surface area contributed by atoms with Crippen molar-refractivity contribution in [1.29, 1.82) is 0 Å². The molecule has 26 heavy (non-hydrogen) atoms. The fraction of sp³-hybridized carbons (Fsp3) is 0.0556. The molecule has 1 aliphatic rings. The topological polar surface area (TPSA) is 49.4 Å². The number of amides is 2. The molecule has 0 radical (unpaired) electrons. The molecule has 8 heteroatoms. The zero-order chi connectivity index (χ0) is 18.8. The molecule has 1 saturated heterocycles. The fourth-order valence-electron chi connectivity index (χ4n) is 2.22. The van der Waals surface area contributed by atoms with Crippen molar-refractivity contribution < 1.29 is 9.59 Å². The summed E-state index contributed by atoms with van der Waals surface area (Å²) in [6.07, 6.45) is 1.75. The third-order valence-corrected chi connectivity index (χ3v) is 5.96. The Labute approximate surface area is 170 Å². The molecule has 132 valence electrons. The molecule has 1 aliphatic heterocycles. The van der Waals surface area contributed by atoms with Crippen molar-refractivity contribution in [3.63, 3.8) is 0 Å². The molecule has 0 spiro atoms. The smallest absolute Gasteiger partial charge is 0.265 e. The number of likely N-dealkylation sites (N-methyl/N-ethyl adjacent to an activating group) is 1. The molecule has 0 unspecified atom stereocenters. The van der Waals surface area contributed by atoms with Crippen molar-refractivity contribution in [2.75, 3.05) is 12.4 Å². The molecule has 1 fully saturated rings. The average Bonchev–Trinajstić information content (AvgIpc) is 2.86. The highest BCUT2D eigenvalue weighted by Gasteiger charge is 2.28. The zero-order valence-electron chi connectivity index (χ0n) is 13.5. The van der Waals surface area contributed by atoms with E-state index in [0.717, 1.165) is 5.56 Å². The van der Waals surface area contributed by atoms with Crippen LogP contribution < -0.4 is 5.32 Å². The average molecular weight is 423 g/mol. The number of anilines is 1. The monoisotopic (exact) mass is 422 g/mol. The number of benzene rings is 2. The first-order valence-corrected chi connectivity index (χ1v) is 9.42. The lowest BCUT2D eigenvalue weighted by Gasteiger charge is -2.08. The van der Waals surface area contributed by atoms with Gasteiger partial charge in [0.2, 0.25) is 0 Å². The lowest BCUT2D eigenvalue weighted by molar-refractivity contribution is -0.121. The number of nitrogens with one attached hydrogen (secondary N) is 1. The number of carbonyl (C=O) groups excluding carboxylic acids is 2. The summed E-state index contributed by atoms with van der Waals surface area (Å²) in [5, 5.41) is 3.39. The van der Waals surface area contributed by atoms with Crippen LogP contribution in [0.25, 0.3) is 6.08 Å². The minimum Gasteiger partial charge on any atom is -0.321 e. The lowest BCUT2D eigenvalue weighted by atomic mass is 10.1. The molecule has 0 saturated carbocycles. The maximum Gasteiger partial charge on any atom is 0.265 e. The summed E-state index contributed by atoms with van der Waals surface area (Å²) >= 11 is 18.4. The van der Waals surface area contributed by atoms with Gasteiger partial charge in [0.1, 0.15) is 4.32 Å². The number of halogens is 2. The van der Waals surface area contributed by atoms with Crippen LogP contribution in [0.2, 0.25) is 10.0 Å². The number of carbonyl (C=O) groups is 2. The molecular weight excluding hydrogens is 411 g/mol. The highest BCUT2D eigenvalue weighted by molar-refractivity contribution is 8.26. The van der Waals surface area contributed by atoms with Crippen molar-refractivity contribution in [1.82, 2.24) is 4.90 Å². The molecule has 1 N–H and O–H groups in total. The van der Waals surface area contributed by atoms with E-state index in [2.05, 4.69) is 5.32 Å². The minimum absolute atomic E-state index is 0.127. The highest BCUT2D eigenvalue weighted by atomic mass is 35.5. The van der Waals surface area contributed by atoms with E-state index in [1.54, 1.807) is 55.6 Å². The predicted molar refractivity (Wildman–Crippen MR) is 112 cm³/mol. The Hall–Kier alpha value is -1.86. The zero-order valence-corrected chi connectivity index (χ0v) is 16.6. The Morgan fingerprint density at radius 3 is 2.50 bits per heavy atom. The van der Waals surface area contributed by atoms with Crippen LogP contribution in [0.4, 0.5) is 5.69 Å². The fourth-order valence-corrected chi connectivity index (χ4v) is 3.75. The van der Waals surface area contributed by atoms with Gasteiger partial charge in [-0.1, -0.05) is 65.4 Å². The van der Waals surface area contributed by atoms with E-state index in [1.165, 1.54) is 16.7 Å². The second-order valence-electron chi connectivity index (χ2n) is 5.42. The summed E-state index contributed by atoms with van der Waals surface area (Å²) in [4.78, 5) is 26.4. The molecule has 0 aliphatic carbocycles. The van der Waals surface area contributed by atoms with Gasteiger partial charge in [-0.15, -0.1) is 0 Å². The van der Waals surface area contributed by atoms with Crippen LogP contribution in [0.5, 0.6) is 0 Å². The molecule has 0 bridgehead atoms. The maximum atomic E-state index is 12.4. The molecule has 0 atom stereocenters. The predicted octanol–water partition coefficient (Wildman–Crippen LogP) is 5.08. The van der Waals surface area contributed by atoms with Crippen molar-refractivity contribution in [3.05, 3.63) is 68.5 Å². The minimum atomic E-state index is -0.305. The van der Waals surface area contributed by atoms with Gasteiger partial charge >= 0.3 is 0 Å². The Morgan fingerprint density at radius 2 is 1.88 bits per heavy atom. The van der Waals surface area contributed by atoms with Crippen LogP contribution in [-0.2, 0) is 4.79 Å². The van der Waals surface area contributed by atoms with Crippen LogP contribution in [-0.4, -0.2) is 28.1 Å². The van der Waals surface area contributed by atoms with E-state index < -0.39 is 0 Å². The molecular formula is C18H12Cl2N2O2S2. The van der Waals surface area contributed by atoms with Crippen LogP contribution in [0.15, 0.2) is 47.4 Å². The van der Waals surface area contributed by atoms with Crippen LogP contribution in [0.1, 0.15) is 15.9 Å². The van der Waals surface area contributed by atoms with Crippen LogP contribution in [0, 0.1) is 0 Å². The molecule has 1 heterocycles. The largest absolute Gasteiger partial charge is 0.321 e. The van der Waals surface area contributed by atoms with Gasteiger partial charge in [0.25, 0.3) is 11.8 Å². The first-order valence-electron chi connectivity index (χ1n) is 7.44. The SMILES string of the molecule is CN1C(=O)C(=Cc2ccc(C(=O)Nc3cccc(Cl)c3Cl)cc2)SC1=S. The molecule has 2 aromatic carbocycles. The number of thioether (sulfide) groups is 1. The molecule has 2 aromatic rings. The number of hydrogen-bond donors (Lipinski definition) is 1. The van der Waals surface area contributed by atoms with E-state index in [0.29, 0.717) is 30.5 Å². The molecule has 3 rings (SSSR count). The highest BCUT2D eigenvalue weighted by Crippen LogP contribution is 2.32. The third-order valence-electron chi connectivity index (χ3n) is 3.66. The van der Waals surface area contributed by atoms with Gasteiger partial charge in [0.05, 0.1) is 20.6 Å². The molecule has 2 amide bonds. The maximum absolute atomic E-state index is 12.4. The van der Waals surface area contributed by atoms with E-state index in [9.17, 15) is 9.59 Å². The Morgan fingerprint density at radius 1 is 1.19 bits per heavy atom. The van der Waals surface area contributed by atoms with E-state index in [-0.39, 0.29) is 11.8 Å². The standard InChI is InChI=1S/C18H12Cl2N2O2S2/c1-22-17(24)14(26-18(22)25)9-10-5-7-11(8-6-10)16(23)21-13-4-2-3-12(19)15(13)20/h2-9H,1H3,(H,21,23). The molecule has 0 aromatic heterocycles. The van der Waals surface area contributed by atoms with Crippen LogP contribution in [0.3, 0.4) is 0 Å². The van der Waals surface area contributed by atoms with Gasteiger partial charge in [0.15, 0.2) is 0 Å². The van der Waals surface area contributed by atoms with E-state index in [4.69, 9.17) is 35.4 Å². The molecule has 4 nitrogen and oxygen atoms in total. The first kappa shape index (κ1) is 18.9. The Bertz CT molecular complexity index is 943. The van der Waals surface area contributed by atoms with Gasteiger partial charge in [-0.2, -0.15) is 0 Å². The van der Waals surface area contributed by atoms with Gasteiger partial charge in [-0.25, -0.2) is 0 Å². The number of nitrogens with zero attached hydrogens (tertiary/aromatic N) is 1. The summed E-state index contributed by atoms with van der Waals surface area (Å²) in [6.45, 7) is 0. The number of rotatable bonds is 3. The summed E-state index contributed by atoms with van der Waals surface area (Å²) in [5.74, 6) is -0.432. The summed E-state index contributed by atoms with van der Waals surface area (Å²) < 4.78 is 0.524. The van der Waals surface area contributed by atoms with E-state index >= 15 is 0 Å². The normalized spacial score (nSPS) is 15.7. The van der Waals surface area contributed by atoms with Gasteiger partial charge in [-0.05, 0) is 35.9 Å². The van der Waals surface area contributed by atoms with Crippen molar-refractivity contribution in [2.45, 2.75) is 0 Å². The van der Waals surface area contributed by atoms with E-state index in [1.807, 2.05) is 0 Å². The first-order chi connectivity index (χ1) is 12.4. The number of thiocarbonyl (C=S) groups is 1. The van der Waals surface area contributed by atoms with Gasteiger partial charge in [0, 0.05) is 12.6 Å². The Balaban J connectivity index is 1.75. The van der Waals surface area contributed by atoms with Gasteiger partial charge in [-0.3, -0.25) is 14.5 Å². The van der Waals surface area contributed by atoms with Crippen molar-refractivity contribution in [2.24, 2.45) is 0 Å². The summed E-state index contributed by atoms with van der Waals surface area (Å²) in [7, 11) is 1.65. The number of hydrogen-bond acceptors (Lipinski definition) is 4. The lowest BCUT2D eigenvalue weighted by Crippen LogP contribution is -2.22. The quantitative estimate of drug-likeness (QED) is 0.553. The summed E-state index contributed by atoms with van der Waals surface area (Å²) in [6, 6.07) is 11.9. The second-order valence-corrected chi connectivity index (χ2v) is 7.88.